The molecule has 3 unspecified atom stereocenters. The molecular formula is C16H19BrN2O. The van der Waals surface area contributed by atoms with E-state index < -0.39 is 0 Å². The van der Waals surface area contributed by atoms with Gasteiger partial charge in [0.05, 0.1) is 12.0 Å². The highest BCUT2D eigenvalue weighted by Crippen LogP contribution is 2.58. The Balaban J connectivity index is 1.68. The van der Waals surface area contributed by atoms with E-state index in [-0.39, 0.29) is 11.0 Å². The SMILES string of the molecule is Brc1ccc(C23CN4CCN(CC(C4)C24CO4)C3)cc1. The maximum absolute atomic E-state index is 6.15. The van der Waals surface area contributed by atoms with Gasteiger partial charge in [-0.05, 0) is 17.7 Å². The van der Waals surface area contributed by atoms with Crippen LogP contribution < -0.4 is 0 Å². The summed E-state index contributed by atoms with van der Waals surface area (Å²) >= 11 is 3.56. The van der Waals surface area contributed by atoms with Crippen molar-refractivity contribution in [2.45, 2.75) is 11.0 Å². The molecular weight excluding hydrogens is 316 g/mol. The molecule has 0 N–H and O–H groups in total. The summed E-state index contributed by atoms with van der Waals surface area (Å²) in [5, 5.41) is 0. The summed E-state index contributed by atoms with van der Waals surface area (Å²) in [6.45, 7) is 8.22. The van der Waals surface area contributed by atoms with Crippen molar-refractivity contribution in [3.8, 4) is 0 Å². The van der Waals surface area contributed by atoms with E-state index in [4.69, 9.17) is 4.74 Å². The summed E-state index contributed by atoms with van der Waals surface area (Å²) in [4.78, 5) is 5.35. The summed E-state index contributed by atoms with van der Waals surface area (Å²) < 4.78 is 7.31. The molecule has 3 atom stereocenters. The van der Waals surface area contributed by atoms with Gasteiger partial charge in [-0.2, -0.15) is 0 Å². The van der Waals surface area contributed by atoms with Crippen molar-refractivity contribution in [1.82, 2.24) is 9.80 Å². The van der Waals surface area contributed by atoms with Gasteiger partial charge in [0, 0.05) is 49.7 Å². The third-order valence-corrected chi connectivity index (χ3v) is 6.53. The number of nitrogens with zero attached hydrogens (tertiary/aromatic N) is 2. The Morgan fingerprint density at radius 2 is 1.65 bits per heavy atom. The lowest BCUT2D eigenvalue weighted by Gasteiger charge is -2.54. The predicted octanol–water partition coefficient (Wildman–Crippen LogP) is 1.72. The number of ether oxygens (including phenoxy) is 1. The number of rotatable bonds is 1. The van der Waals surface area contributed by atoms with Crippen molar-refractivity contribution < 1.29 is 4.74 Å². The molecule has 0 radical (unpaired) electrons. The van der Waals surface area contributed by atoms with E-state index in [9.17, 15) is 0 Å². The van der Waals surface area contributed by atoms with Gasteiger partial charge < -0.3 is 14.5 Å². The fourth-order valence-corrected chi connectivity index (χ4v) is 5.25. The van der Waals surface area contributed by atoms with Crippen LogP contribution in [0.4, 0.5) is 0 Å². The normalized spacial score (nSPS) is 48.5. The Morgan fingerprint density at radius 3 is 2.20 bits per heavy atom. The standard InChI is InChI=1S/C16H19BrN2O/c17-14-3-1-12(2-4-14)15-9-18-5-6-19(10-15)8-13(7-18)16(15)11-20-16/h1-4,13H,5-11H2. The van der Waals surface area contributed by atoms with Crippen LogP contribution in [0.2, 0.25) is 0 Å². The van der Waals surface area contributed by atoms with Crippen molar-refractivity contribution in [2.75, 3.05) is 45.9 Å². The zero-order valence-corrected chi connectivity index (χ0v) is 13.1. The molecule has 5 saturated heterocycles. The lowest BCUT2D eigenvalue weighted by molar-refractivity contribution is -0.0309. The van der Waals surface area contributed by atoms with Gasteiger partial charge in [0.25, 0.3) is 0 Å². The summed E-state index contributed by atoms with van der Waals surface area (Å²) in [6.07, 6.45) is 0. The second-order valence-electron chi connectivity index (χ2n) is 6.93. The second kappa shape index (κ2) is 3.86. The van der Waals surface area contributed by atoms with Gasteiger partial charge in [0.15, 0.2) is 0 Å². The Kier molecular flexibility index (Phi) is 2.35. The maximum Gasteiger partial charge on any atom is 0.109 e. The average molecular weight is 335 g/mol. The van der Waals surface area contributed by atoms with E-state index in [1.807, 2.05) is 0 Å². The topological polar surface area (TPSA) is 19.0 Å². The van der Waals surface area contributed by atoms with Gasteiger partial charge >= 0.3 is 0 Å². The zero-order chi connectivity index (χ0) is 13.4. The van der Waals surface area contributed by atoms with Crippen LogP contribution in [-0.4, -0.2) is 61.3 Å². The Bertz CT molecular complexity index is 538. The van der Waals surface area contributed by atoms with Crippen molar-refractivity contribution in [3.63, 3.8) is 0 Å². The van der Waals surface area contributed by atoms with E-state index >= 15 is 0 Å². The molecule has 5 aliphatic rings. The molecule has 3 nitrogen and oxygen atoms in total. The van der Waals surface area contributed by atoms with Gasteiger partial charge in [-0.1, -0.05) is 28.1 Å². The van der Waals surface area contributed by atoms with E-state index in [1.165, 1.54) is 44.8 Å². The largest absolute Gasteiger partial charge is 0.368 e. The molecule has 5 aliphatic heterocycles. The summed E-state index contributed by atoms with van der Waals surface area (Å²) in [5.74, 6) is 0.691. The van der Waals surface area contributed by atoms with E-state index in [1.54, 1.807) is 0 Å². The van der Waals surface area contributed by atoms with Crippen LogP contribution >= 0.6 is 15.9 Å². The van der Waals surface area contributed by atoms with Crippen molar-refractivity contribution in [1.29, 1.82) is 0 Å². The molecule has 0 saturated carbocycles. The highest BCUT2D eigenvalue weighted by molar-refractivity contribution is 9.10. The molecule has 6 rings (SSSR count). The molecule has 1 aromatic rings. The number of hydrogen-bond donors (Lipinski definition) is 0. The molecule has 0 amide bonds. The van der Waals surface area contributed by atoms with Crippen LogP contribution in [0, 0.1) is 5.92 Å². The lowest BCUT2D eigenvalue weighted by Crippen LogP contribution is -2.68. The number of piperidine rings is 2. The number of benzene rings is 1. The first kappa shape index (κ1) is 12.2. The minimum atomic E-state index is 0.137. The fourth-order valence-electron chi connectivity index (χ4n) is 4.99. The lowest BCUT2D eigenvalue weighted by atomic mass is 9.60. The molecule has 0 aliphatic carbocycles. The molecule has 106 valence electrons. The highest BCUT2D eigenvalue weighted by atomic mass is 79.9. The number of halogens is 1. The molecule has 5 fully saturated rings. The van der Waals surface area contributed by atoms with Crippen LogP contribution in [0.3, 0.4) is 0 Å². The quantitative estimate of drug-likeness (QED) is 0.729. The van der Waals surface area contributed by atoms with Crippen LogP contribution in [0.15, 0.2) is 28.7 Å². The van der Waals surface area contributed by atoms with Gasteiger partial charge in [-0.15, -0.1) is 0 Å². The van der Waals surface area contributed by atoms with Gasteiger partial charge in [0.2, 0.25) is 0 Å². The van der Waals surface area contributed by atoms with Crippen LogP contribution in [-0.2, 0) is 10.2 Å². The van der Waals surface area contributed by atoms with E-state index in [0.29, 0.717) is 5.92 Å². The predicted molar refractivity (Wildman–Crippen MR) is 80.9 cm³/mol. The van der Waals surface area contributed by atoms with Crippen molar-refractivity contribution in [3.05, 3.63) is 34.3 Å². The Labute approximate surface area is 128 Å². The first-order chi connectivity index (χ1) is 9.72. The van der Waals surface area contributed by atoms with Crippen LogP contribution in [0.25, 0.3) is 0 Å². The minimum absolute atomic E-state index is 0.137. The monoisotopic (exact) mass is 334 g/mol. The summed E-state index contributed by atoms with van der Waals surface area (Å²) in [7, 11) is 0. The molecule has 1 aromatic carbocycles. The zero-order valence-electron chi connectivity index (χ0n) is 11.5. The van der Waals surface area contributed by atoms with E-state index in [2.05, 4.69) is 50.0 Å². The van der Waals surface area contributed by atoms with Gasteiger partial charge in [0.1, 0.15) is 5.60 Å². The average Bonchev–Trinajstić information content (AvgIpc) is 3.20. The van der Waals surface area contributed by atoms with E-state index in [0.717, 1.165) is 11.1 Å². The molecule has 20 heavy (non-hydrogen) atoms. The van der Waals surface area contributed by atoms with Crippen molar-refractivity contribution in [2.24, 2.45) is 5.92 Å². The highest BCUT2D eigenvalue weighted by Gasteiger charge is 2.71. The Morgan fingerprint density at radius 1 is 1.05 bits per heavy atom. The first-order valence-corrected chi connectivity index (χ1v) is 8.36. The second-order valence-corrected chi connectivity index (χ2v) is 7.85. The summed E-state index contributed by atoms with van der Waals surface area (Å²) in [6, 6.07) is 8.99. The first-order valence-electron chi connectivity index (χ1n) is 7.57. The molecule has 4 heteroatoms. The number of hydrogen-bond acceptors (Lipinski definition) is 3. The maximum atomic E-state index is 6.15. The molecule has 1 spiro atoms. The summed E-state index contributed by atoms with van der Waals surface area (Å²) in [5.41, 5.74) is 1.79. The van der Waals surface area contributed by atoms with Gasteiger partial charge in [-0.25, -0.2) is 0 Å². The number of fused-ring (bicyclic) bond motifs is 1. The minimum Gasteiger partial charge on any atom is -0.368 e. The van der Waals surface area contributed by atoms with Crippen LogP contribution in [0.1, 0.15) is 5.56 Å². The molecule has 5 heterocycles. The van der Waals surface area contributed by atoms with Crippen molar-refractivity contribution >= 4 is 15.9 Å². The third kappa shape index (κ3) is 1.41. The number of epoxide rings is 1. The fraction of sp³-hybridized carbons (Fsp3) is 0.625. The van der Waals surface area contributed by atoms with Crippen LogP contribution in [0.5, 0.6) is 0 Å². The molecule has 0 aromatic heterocycles. The molecule has 4 bridgehead atoms. The van der Waals surface area contributed by atoms with Gasteiger partial charge in [-0.3, -0.25) is 0 Å². The third-order valence-electron chi connectivity index (χ3n) is 6.00. The Hall–Kier alpha value is -0.420. The smallest absolute Gasteiger partial charge is 0.109 e.